The van der Waals surface area contributed by atoms with Crippen molar-refractivity contribution in [3.63, 3.8) is 0 Å². The summed E-state index contributed by atoms with van der Waals surface area (Å²) in [5, 5.41) is 7.48. The van der Waals surface area contributed by atoms with Gasteiger partial charge in [0.1, 0.15) is 28.5 Å². The Kier molecular flexibility index (Phi) is 7.72. The Hall–Kier alpha value is -3.52. The lowest BCUT2D eigenvalue weighted by molar-refractivity contribution is 0.100. The maximum Gasteiger partial charge on any atom is 0.286 e. The summed E-state index contributed by atoms with van der Waals surface area (Å²) in [5.74, 6) is 1.12. The van der Waals surface area contributed by atoms with Crippen molar-refractivity contribution in [2.24, 2.45) is 10.7 Å². The second kappa shape index (κ2) is 10.7. The highest BCUT2D eigenvalue weighted by molar-refractivity contribution is 6.30. The number of nitrogens with one attached hydrogen (secondary N) is 1. The molecule has 3 N–H and O–H groups in total. The van der Waals surface area contributed by atoms with Crippen molar-refractivity contribution in [1.29, 1.82) is 0 Å². The van der Waals surface area contributed by atoms with Crippen molar-refractivity contribution in [2.75, 3.05) is 13.7 Å². The SMILES string of the molecule is CCCOc1cc(Cl)cc(CN/C(N)=N\C(=O)c2c(-c3ccc(OC)cc3)noc2C)c1. The molecule has 0 saturated heterocycles. The molecule has 32 heavy (non-hydrogen) atoms. The average Bonchev–Trinajstić information content (AvgIpc) is 3.17. The lowest BCUT2D eigenvalue weighted by Gasteiger charge is -2.10. The van der Waals surface area contributed by atoms with Gasteiger partial charge in [0.05, 0.1) is 13.7 Å². The molecule has 0 saturated carbocycles. The Bertz CT molecular complexity index is 1110. The van der Waals surface area contributed by atoms with E-state index in [1.54, 1.807) is 50.4 Å². The molecule has 3 aromatic rings. The Morgan fingerprint density at radius 1 is 1.22 bits per heavy atom. The number of carbonyl (C=O) groups is 1. The fourth-order valence-electron chi connectivity index (χ4n) is 2.99. The van der Waals surface area contributed by atoms with Gasteiger partial charge in [0.2, 0.25) is 0 Å². The topological polar surface area (TPSA) is 112 Å². The molecule has 9 heteroatoms. The highest BCUT2D eigenvalue weighted by atomic mass is 35.5. The fourth-order valence-corrected chi connectivity index (χ4v) is 3.24. The highest BCUT2D eigenvalue weighted by Gasteiger charge is 2.21. The van der Waals surface area contributed by atoms with Crippen LogP contribution >= 0.6 is 11.6 Å². The third kappa shape index (κ3) is 5.79. The van der Waals surface area contributed by atoms with Crippen LogP contribution in [0.5, 0.6) is 11.5 Å². The number of nitrogens with zero attached hydrogens (tertiary/aromatic N) is 2. The number of methoxy groups -OCH3 is 1. The minimum Gasteiger partial charge on any atom is -0.497 e. The predicted molar refractivity (Wildman–Crippen MR) is 123 cm³/mol. The van der Waals surface area contributed by atoms with Crippen LogP contribution in [0.2, 0.25) is 5.02 Å². The summed E-state index contributed by atoms with van der Waals surface area (Å²) in [6.07, 6.45) is 0.891. The van der Waals surface area contributed by atoms with Crippen molar-refractivity contribution in [2.45, 2.75) is 26.8 Å². The standard InChI is InChI=1S/C23H25ClN4O4/c1-4-9-31-19-11-15(10-17(24)12-19)13-26-23(25)27-22(29)20-14(2)32-28-21(20)16-5-7-18(30-3)8-6-16/h5-8,10-12H,4,9,13H2,1-3H3,(H3,25,26,27,29). The molecule has 0 aliphatic rings. The van der Waals surface area contributed by atoms with E-state index in [1.165, 1.54) is 0 Å². The van der Waals surface area contributed by atoms with Gasteiger partial charge in [-0.1, -0.05) is 23.7 Å². The summed E-state index contributed by atoms with van der Waals surface area (Å²) in [4.78, 5) is 16.8. The van der Waals surface area contributed by atoms with Gasteiger partial charge in [-0.3, -0.25) is 4.79 Å². The van der Waals surface area contributed by atoms with Crippen molar-refractivity contribution in [3.05, 3.63) is 64.4 Å². The summed E-state index contributed by atoms with van der Waals surface area (Å²) in [7, 11) is 1.58. The van der Waals surface area contributed by atoms with Gasteiger partial charge in [0.15, 0.2) is 5.96 Å². The van der Waals surface area contributed by atoms with E-state index in [2.05, 4.69) is 15.5 Å². The molecular formula is C23H25ClN4O4. The van der Waals surface area contributed by atoms with Gasteiger partial charge in [0.25, 0.3) is 5.91 Å². The maximum absolute atomic E-state index is 12.8. The minimum absolute atomic E-state index is 0.0349. The largest absolute Gasteiger partial charge is 0.497 e. The van der Waals surface area contributed by atoms with E-state index in [0.29, 0.717) is 46.7 Å². The van der Waals surface area contributed by atoms with Crippen LogP contribution in [-0.2, 0) is 6.54 Å². The van der Waals surface area contributed by atoms with E-state index in [0.717, 1.165) is 12.0 Å². The Labute approximate surface area is 191 Å². The highest BCUT2D eigenvalue weighted by Crippen LogP contribution is 2.27. The molecule has 168 valence electrons. The zero-order valence-corrected chi connectivity index (χ0v) is 18.9. The molecule has 0 unspecified atom stereocenters. The zero-order valence-electron chi connectivity index (χ0n) is 18.1. The molecule has 0 atom stereocenters. The number of ether oxygens (including phenoxy) is 2. The van der Waals surface area contributed by atoms with Crippen LogP contribution in [-0.4, -0.2) is 30.7 Å². The number of hydrogen-bond acceptors (Lipinski definition) is 5. The van der Waals surface area contributed by atoms with E-state index < -0.39 is 5.91 Å². The lowest BCUT2D eigenvalue weighted by Crippen LogP contribution is -2.32. The minimum atomic E-state index is -0.558. The zero-order chi connectivity index (χ0) is 23.1. The average molecular weight is 457 g/mol. The summed E-state index contributed by atoms with van der Waals surface area (Å²) < 4.78 is 16.0. The first kappa shape index (κ1) is 23.1. The van der Waals surface area contributed by atoms with Crippen LogP contribution in [0, 0.1) is 6.92 Å². The molecule has 8 nitrogen and oxygen atoms in total. The second-order valence-electron chi connectivity index (χ2n) is 6.99. The van der Waals surface area contributed by atoms with Crippen LogP contribution in [0.3, 0.4) is 0 Å². The number of nitrogens with two attached hydrogens (primary N) is 1. The van der Waals surface area contributed by atoms with Crippen LogP contribution in [0.4, 0.5) is 0 Å². The van der Waals surface area contributed by atoms with Crippen molar-refractivity contribution in [1.82, 2.24) is 10.5 Å². The van der Waals surface area contributed by atoms with Gasteiger partial charge < -0.3 is 25.0 Å². The molecule has 0 fully saturated rings. The number of aromatic nitrogens is 1. The van der Waals surface area contributed by atoms with Crippen LogP contribution < -0.4 is 20.5 Å². The van der Waals surface area contributed by atoms with Crippen LogP contribution in [0.1, 0.15) is 35.0 Å². The first-order chi connectivity index (χ1) is 15.4. The van der Waals surface area contributed by atoms with Crippen LogP contribution in [0.15, 0.2) is 52.0 Å². The Morgan fingerprint density at radius 2 is 1.97 bits per heavy atom. The molecular weight excluding hydrogens is 432 g/mol. The number of guanidine groups is 1. The van der Waals surface area contributed by atoms with Gasteiger partial charge in [-0.15, -0.1) is 0 Å². The van der Waals surface area contributed by atoms with E-state index in [1.807, 2.05) is 13.0 Å². The Balaban J connectivity index is 1.73. The smallest absolute Gasteiger partial charge is 0.286 e. The molecule has 1 heterocycles. The number of aryl methyl sites for hydroxylation is 1. The molecule has 2 aromatic carbocycles. The summed E-state index contributed by atoms with van der Waals surface area (Å²) in [5.41, 5.74) is 8.13. The van der Waals surface area contributed by atoms with Crippen molar-refractivity contribution in [3.8, 4) is 22.8 Å². The van der Waals surface area contributed by atoms with E-state index >= 15 is 0 Å². The Morgan fingerprint density at radius 3 is 2.66 bits per heavy atom. The number of benzene rings is 2. The number of amides is 1. The second-order valence-corrected chi connectivity index (χ2v) is 7.43. The monoisotopic (exact) mass is 456 g/mol. The number of rotatable bonds is 8. The molecule has 1 aromatic heterocycles. The van der Waals surface area contributed by atoms with E-state index in [9.17, 15) is 4.79 Å². The molecule has 0 spiro atoms. The molecule has 0 aliphatic carbocycles. The fraction of sp³-hybridized carbons (Fsp3) is 0.261. The summed E-state index contributed by atoms with van der Waals surface area (Å²) in [6, 6.07) is 12.5. The van der Waals surface area contributed by atoms with Gasteiger partial charge in [0, 0.05) is 17.1 Å². The number of aliphatic imine (C=N–C) groups is 1. The van der Waals surface area contributed by atoms with Crippen molar-refractivity contribution >= 4 is 23.5 Å². The maximum atomic E-state index is 12.8. The summed E-state index contributed by atoms with van der Waals surface area (Å²) >= 11 is 6.16. The predicted octanol–water partition coefficient (Wildman–Crippen LogP) is 4.35. The number of hydrogen-bond donors (Lipinski definition) is 2. The molecule has 1 amide bonds. The molecule has 3 rings (SSSR count). The molecule has 0 aliphatic heterocycles. The number of carbonyl (C=O) groups excluding carboxylic acids is 1. The quantitative estimate of drug-likeness (QED) is 0.383. The normalized spacial score (nSPS) is 11.3. The van der Waals surface area contributed by atoms with Gasteiger partial charge in [-0.05, 0) is 61.4 Å². The third-order valence-corrected chi connectivity index (χ3v) is 4.76. The first-order valence-corrected chi connectivity index (χ1v) is 10.4. The number of halogens is 1. The van der Waals surface area contributed by atoms with E-state index in [-0.39, 0.29) is 11.5 Å². The third-order valence-electron chi connectivity index (χ3n) is 4.54. The van der Waals surface area contributed by atoms with Gasteiger partial charge in [-0.25, -0.2) is 0 Å². The first-order valence-electron chi connectivity index (χ1n) is 10.1. The van der Waals surface area contributed by atoms with E-state index in [4.69, 9.17) is 31.3 Å². The van der Waals surface area contributed by atoms with Crippen molar-refractivity contribution < 1.29 is 18.8 Å². The van der Waals surface area contributed by atoms with Crippen LogP contribution in [0.25, 0.3) is 11.3 Å². The lowest BCUT2D eigenvalue weighted by atomic mass is 10.1. The molecule has 0 radical (unpaired) electrons. The van der Waals surface area contributed by atoms with Gasteiger partial charge >= 0.3 is 0 Å². The van der Waals surface area contributed by atoms with Gasteiger partial charge in [-0.2, -0.15) is 4.99 Å². The summed E-state index contributed by atoms with van der Waals surface area (Å²) in [6.45, 7) is 4.59. The molecule has 0 bridgehead atoms.